The van der Waals surface area contributed by atoms with Crippen molar-refractivity contribution in [3.05, 3.63) is 70.8 Å². The largest absolute Gasteiger partial charge is 0.398 e. The SMILES string of the molecule is Nc1cccc2c(N=Nc3ccc([N+](=O)[O-])cc3)cccc12. The summed E-state index contributed by atoms with van der Waals surface area (Å²) in [5.41, 5.74) is 7.90. The van der Waals surface area contributed by atoms with E-state index in [0.29, 0.717) is 17.1 Å². The van der Waals surface area contributed by atoms with E-state index in [-0.39, 0.29) is 5.69 Å². The summed E-state index contributed by atoms with van der Waals surface area (Å²) in [7, 11) is 0. The van der Waals surface area contributed by atoms with Crippen molar-refractivity contribution in [3.8, 4) is 0 Å². The van der Waals surface area contributed by atoms with E-state index < -0.39 is 4.92 Å². The molecule has 6 heteroatoms. The summed E-state index contributed by atoms with van der Waals surface area (Å²) < 4.78 is 0. The topological polar surface area (TPSA) is 93.9 Å². The van der Waals surface area contributed by atoms with Gasteiger partial charge in [0.15, 0.2) is 0 Å². The van der Waals surface area contributed by atoms with Crippen LogP contribution in [-0.4, -0.2) is 4.92 Å². The minimum absolute atomic E-state index is 0.0249. The first-order valence-electron chi connectivity index (χ1n) is 6.58. The number of hydrogen-bond acceptors (Lipinski definition) is 5. The molecule has 0 aliphatic rings. The zero-order valence-electron chi connectivity index (χ0n) is 11.5. The Bertz CT molecular complexity index is 873. The van der Waals surface area contributed by atoms with Crippen molar-refractivity contribution in [3.63, 3.8) is 0 Å². The van der Waals surface area contributed by atoms with Crippen LogP contribution in [0.25, 0.3) is 10.8 Å². The van der Waals surface area contributed by atoms with Crippen LogP contribution < -0.4 is 5.73 Å². The maximum absolute atomic E-state index is 10.6. The van der Waals surface area contributed by atoms with Gasteiger partial charge < -0.3 is 5.73 Å². The monoisotopic (exact) mass is 292 g/mol. The number of hydrogen-bond donors (Lipinski definition) is 1. The van der Waals surface area contributed by atoms with Gasteiger partial charge >= 0.3 is 0 Å². The van der Waals surface area contributed by atoms with Crippen LogP contribution in [-0.2, 0) is 0 Å². The minimum atomic E-state index is -0.450. The lowest BCUT2D eigenvalue weighted by molar-refractivity contribution is -0.384. The molecule has 0 aromatic heterocycles. The molecule has 0 aliphatic heterocycles. The number of nitrogen functional groups attached to an aromatic ring is 1. The van der Waals surface area contributed by atoms with Crippen molar-refractivity contribution in [2.24, 2.45) is 10.2 Å². The van der Waals surface area contributed by atoms with Gasteiger partial charge in [-0.05, 0) is 24.3 Å². The quantitative estimate of drug-likeness (QED) is 0.327. The second kappa shape index (κ2) is 5.61. The normalized spacial score (nSPS) is 11.1. The number of rotatable bonds is 3. The molecule has 0 spiro atoms. The van der Waals surface area contributed by atoms with Gasteiger partial charge in [-0.25, -0.2) is 0 Å². The van der Waals surface area contributed by atoms with Gasteiger partial charge in [0.25, 0.3) is 5.69 Å². The van der Waals surface area contributed by atoms with Crippen molar-refractivity contribution in [1.82, 2.24) is 0 Å². The van der Waals surface area contributed by atoms with Crippen molar-refractivity contribution < 1.29 is 4.92 Å². The Balaban J connectivity index is 1.96. The summed E-state index contributed by atoms with van der Waals surface area (Å²) in [5, 5.41) is 20.8. The van der Waals surface area contributed by atoms with Crippen molar-refractivity contribution in [2.45, 2.75) is 0 Å². The third kappa shape index (κ3) is 2.62. The molecule has 0 bridgehead atoms. The number of nitro benzene ring substituents is 1. The van der Waals surface area contributed by atoms with Crippen LogP contribution >= 0.6 is 0 Å². The first-order chi connectivity index (χ1) is 10.6. The lowest BCUT2D eigenvalue weighted by Gasteiger charge is -2.03. The molecule has 0 aliphatic carbocycles. The number of benzene rings is 3. The summed E-state index contributed by atoms with van der Waals surface area (Å²) in [4.78, 5) is 10.2. The van der Waals surface area contributed by atoms with Crippen molar-refractivity contribution >= 4 is 33.5 Å². The van der Waals surface area contributed by atoms with Crippen molar-refractivity contribution in [1.29, 1.82) is 0 Å². The zero-order chi connectivity index (χ0) is 15.5. The molecule has 108 valence electrons. The second-order valence-electron chi connectivity index (χ2n) is 4.69. The Morgan fingerprint density at radius 3 is 2.27 bits per heavy atom. The maximum Gasteiger partial charge on any atom is 0.269 e. The lowest BCUT2D eigenvalue weighted by atomic mass is 10.1. The predicted octanol–water partition coefficient (Wildman–Crippen LogP) is 4.75. The molecule has 3 rings (SSSR count). The molecule has 6 nitrogen and oxygen atoms in total. The van der Waals surface area contributed by atoms with E-state index in [1.807, 2.05) is 36.4 Å². The van der Waals surface area contributed by atoms with Crippen LogP contribution in [0, 0.1) is 10.1 Å². The molecular weight excluding hydrogens is 280 g/mol. The smallest absolute Gasteiger partial charge is 0.269 e. The molecule has 0 atom stereocenters. The van der Waals surface area contributed by atoms with Crippen molar-refractivity contribution in [2.75, 3.05) is 5.73 Å². The highest BCUT2D eigenvalue weighted by molar-refractivity contribution is 5.99. The highest BCUT2D eigenvalue weighted by Gasteiger charge is 2.04. The predicted molar refractivity (Wildman–Crippen MR) is 85.6 cm³/mol. The summed E-state index contributed by atoms with van der Waals surface area (Å²) in [6, 6.07) is 17.2. The fourth-order valence-electron chi connectivity index (χ4n) is 2.16. The summed E-state index contributed by atoms with van der Waals surface area (Å²) in [5.74, 6) is 0. The summed E-state index contributed by atoms with van der Waals surface area (Å²) in [6.45, 7) is 0. The van der Waals surface area contributed by atoms with E-state index >= 15 is 0 Å². The third-order valence-electron chi connectivity index (χ3n) is 3.27. The molecule has 2 N–H and O–H groups in total. The number of fused-ring (bicyclic) bond motifs is 1. The molecule has 0 radical (unpaired) electrons. The van der Waals surface area contributed by atoms with Crippen LogP contribution in [0.4, 0.5) is 22.7 Å². The average molecular weight is 292 g/mol. The van der Waals surface area contributed by atoms with E-state index in [2.05, 4.69) is 10.2 Å². The maximum atomic E-state index is 10.6. The van der Waals surface area contributed by atoms with E-state index in [1.54, 1.807) is 12.1 Å². The van der Waals surface area contributed by atoms with Crippen LogP contribution in [0.2, 0.25) is 0 Å². The summed E-state index contributed by atoms with van der Waals surface area (Å²) >= 11 is 0. The average Bonchev–Trinajstić information content (AvgIpc) is 2.54. The number of nitrogens with zero attached hydrogens (tertiary/aromatic N) is 3. The second-order valence-corrected chi connectivity index (χ2v) is 4.69. The molecule has 3 aromatic carbocycles. The van der Waals surface area contributed by atoms with Gasteiger partial charge in [0.2, 0.25) is 0 Å². The molecule has 0 unspecified atom stereocenters. The first kappa shape index (κ1) is 13.7. The van der Waals surface area contributed by atoms with Gasteiger partial charge in [0, 0.05) is 28.6 Å². The van der Waals surface area contributed by atoms with Gasteiger partial charge in [-0.15, -0.1) is 5.11 Å². The van der Waals surface area contributed by atoms with Gasteiger partial charge in [-0.2, -0.15) is 5.11 Å². The number of non-ortho nitro benzene ring substituents is 1. The molecule has 0 amide bonds. The molecule has 22 heavy (non-hydrogen) atoms. The van der Waals surface area contributed by atoms with Gasteiger partial charge in [0.05, 0.1) is 16.3 Å². The van der Waals surface area contributed by atoms with Crippen LogP contribution in [0.15, 0.2) is 70.9 Å². The summed E-state index contributed by atoms with van der Waals surface area (Å²) in [6.07, 6.45) is 0. The fraction of sp³-hybridized carbons (Fsp3) is 0. The van der Waals surface area contributed by atoms with E-state index in [1.165, 1.54) is 12.1 Å². The van der Waals surface area contributed by atoms with Gasteiger partial charge in [-0.1, -0.05) is 24.3 Å². The Morgan fingerprint density at radius 1 is 0.864 bits per heavy atom. The molecule has 0 fully saturated rings. The third-order valence-corrected chi connectivity index (χ3v) is 3.27. The Labute approximate surface area is 126 Å². The van der Waals surface area contributed by atoms with E-state index in [9.17, 15) is 10.1 Å². The molecular formula is C16H12N4O2. The fourth-order valence-corrected chi connectivity index (χ4v) is 2.16. The molecule has 3 aromatic rings. The van der Waals surface area contributed by atoms with Gasteiger partial charge in [0.1, 0.15) is 0 Å². The molecule has 0 heterocycles. The van der Waals surface area contributed by atoms with Gasteiger partial charge in [-0.3, -0.25) is 10.1 Å². The number of nitrogens with two attached hydrogens (primary N) is 1. The Morgan fingerprint density at radius 2 is 1.55 bits per heavy atom. The van der Waals surface area contributed by atoms with Crippen LogP contribution in [0.1, 0.15) is 0 Å². The number of anilines is 1. The molecule has 0 saturated carbocycles. The zero-order valence-corrected chi connectivity index (χ0v) is 11.5. The minimum Gasteiger partial charge on any atom is -0.398 e. The lowest BCUT2D eigenvalue weighted by Crippen LogP contribution is -1.86. The first-order valence-corrected chi connectivity index (χ1v) is 6.58. The van der Waals surface area contributed by atoms with E-state index in [0.717, 1.165) is 10.8 Å². The standard InChI is InChI=1S/C16H12N4O2/c17-15-5-1-4-14-13(15)3-2-6-16(14)19-18-11-7-9-12(10-8-11)20(21)22/h1-10H,17H2. The number of azo groups is 1. The van der Waals surface area contributed by atoms with Crippen LogP contribution in [0.5, 0.6) is 0 Å². The molecule has 0 saturated heterocycles. The Hall–Kier alpha value is -3.28. The highest BCUT2D eigenvalue weighted by Crippen LogP contribution is 2.30. The van der Waals surface area contributed by atoms with E-state index in [4.69, 9.17) is 5.73 Å². The highest BCUT2D eigenvalue weighted by atomic mass is 16.6. The number of nitro groups is 1. The van der Waals surface area contributed by atoms with Crippen LogP contribution in [0.3, 0.4) is 0 Å². The Kier molecular flexibility index (Phi) is 3.49.